The van der Waals surface area contributed by atoms with Crippen molar-refractivity contribution in [3.05, 3.63) is 182 Å². The van der Waals surface area contributed by atoms with Crippen molar-refractivity contribution in [2.24, 2.45) is 0 Å². The smallest absolute Gasteiger partial charge is 0.145 e. The van der Waals surface area contributed by atoms with E-state index in [1.54, 1.807) is 0 Å². The summed E-state index contributed by atoms with van der Waals surface area (Å²) in [6, 6.07) is 65.7. The molecule has 0 spiro atoms. The fourth-order valence-corrected chi connectivity index (χ4v) is 9.91. The van der Waals surface area contributed by atoms with Crippen LogP contribution in [0.3, 0.4) is 0 Å². The van der Waals surface area contributed by atoms with Gasteiger partial charge in [0.1, 0.15) is 5.82 Å². The summed E-state index contributed by atoms with van der Waals surface area (Å²) in [6.07, 6.45) is 0. The van der Waals surface area contributed by atoms with Crippen molar-refractivity contribution in [2.75, 3.05) is 0 Å². The van der Waals surface area contributed by atoms with Gasteiger partial charge in [-0.15, -0.1) is 11.3 Å². The van der Waals surface area contributed by atoms with Crippen LogP contribution in [0.1, 0.15) is 0 Å². The van der Waals surface area contributed by atoms with E-state index in [1.165, 1.54) is 63.8 Å². The van der Waals surface area contributed by atoms with E-state index in [9.17, 15) is 0 Å². The highest BCUT2D eigenvalue weighted by Gasteiger charge is 2.23. The predicted molar refractivity (Wildman–Crippen MR) is 228 cm³/mol. The van der Waals surface area contributed by atoms with E-state index < -0.39 is 0 Å². The molecule has 4 nitrogen and oxygen atoms in total. The van der Waals surface area contributed by atoms with Gasteiger partial charge in [0.15, 0.2) is 0 Å². The van der Waals surface area contributed by atoms with E-state index in [0.717, 1.165) is 39.5 Å². The van der Waals surface area contributed by atoms with Gasteiger partial charge in [-0.25, -0.2) is 4.98 Å². The lowest BCUT2D eigenvalue weighted by atomic mass is 10.0. The van der Waals surface area contributed by atoms with Crippen molar-refractivity contribution in [3.63, 3.8) is 0 Å². The number of fused-ring (bicyclic) bond motifs is 12. The van der Waals surface area contributed by atoms with Crippen molar-refractivity contribution >= 4 is 86.2 Å². The second-order valence-corrected chi connectivity index (χ2v) is 15.0. The summed E-state index contributed by atoms with van der Waals surface area (Å²) in [4.78, 5) is 5.17. The lowest BCUT2D eigenvalue weighted by molar-refractivity contribution is 1.10. The molecule has 12 aromatic rings. The number of imidazole rings is 1. The van der Waals surface area contributed by atoms with E-state index in [1.807, 2.05) is 11.3 Å². The van der Waals surface area contributed by atoms with Crippen LogP contribution in [0, 0.1) is 0 Å². The Bertz CT molecular complexity index is 3420. The summed E-state index contributed by atoms with van der Waals surface area (Å²) in [5.41, 5.74) is 11.4. The van der Waals surface area contributed by atoms with Gasteiger partial charge in [-0.3, -0.25) is 4.57 Å². The van der Waals surface area contributed by atoms with Crippen molar-refractivity contribution in [1.82, 2.24) is 18.7 Å². The average Bonchev–Trinajstić information content (AvgIpc) is 3.99. The van der Waals surface area contributed by atoms with Crippen LogP contribution in [0.4, 0.5) is 0 Å². The first-order valence-electron chi connectivity index (χ1n) is 18.3. The largest absolute Gasteiger partial charge is 0.309 e. The first-order valence-corrected chi connectivity index (χ1v) is 19.1. The summed E-state index contributed by atoms with van der Waals surface area (Å²) in [7, 11) is 0. The maximum atomic E-state index is 5.17. The first-order chi connectivity index (χ1) is 26.8. The van der Waals surface area contributed by atoms with Gasteiger partial charge >= 0.3 is 0 Å². The number of para-hydroxylation sites is 5. The molecule has 4 aromatic heterocycles. The monoisotopic (exact) mass is 706 g/mol. The minimum absolute atomic E-state index is 0.929. The van der Waals surface area contributed by atoms with Crippen molar-refractivity contribution in [3.8, 4) is 28.5 Å². The zero-order valence-electron chi connectivity index (χ0n) is 29.0. The fourth-order valence-electron chi connectivity index (χ4n) is 8.80. The van der Waals surface area contributed by atoms with Gasteiger partial charge in [0.05, 0.1) is 33.1 Å². The number of rotatable bonds is 4. The Morgan fingerprint density at radius 2 is 0.944 bits per heavy atom. The topological polar surface area (TPSA) is 27.7 Å². The van der Waals surface area contributed by atoms with E-state index in [4.69, 9.17) is 4.98 Å². The third-order valence-corrected chi connectivity index (χ3v) is 12.2. The molecular weight excluding hydrogens is 677 g/mol. The minimum atomic E-state index is 0.929. The summed E-state index contributed by atoms with van der Waals surface area (Å²) < 4.78 is 9.79. The lowest BCUT2D eigenvalue weighted by Crippen LogP contribution is -1.98. The number of hydrogen-bond donors (Lipinski definition) is 0. The SMILES string of the molecule is c1ccc(-n2c(-c3ccc(-n4c5ccc6c(c7ccccc7n6-c6ccccc6)c5c5ccc6sc7ccccc7c6c54)cc3)nc3ccccc32)cc1. The highest BCUT2D eigenvalue weighted by atomic mass is 32.1. The molecule has 0 atom stereocenters. The Hall–Kier alpha value is -6.95. The lowest BCUT2D eigenvalue weighted by Gasteiger charge is -2.12. The molecule has 5 heteroatoms. The Morgan fingerprint density at radius 3 is 1.72 bits per heavy atom. The number of thiophene rings is 1. The van der Waals surface area contributed by atoms with Gasteiger partial charge in [-0.2, -0.15) is 0 Å². The van der Waals surface area contributed by atoms with Crippen molar-refractivity contribution in [2.45, 2.75) is 0 Å². The van der Waals surface area contributed by atoms with E-state index in [2.05, 4.69) is 196 Å². The maximum Gasteiger partial charge on any atom is 0.145 e. The van der Waals surface area contributed by atoms with E-state index >= 15 is 0 Å². The molecule has 0 radical (unpaired) electrons. The van der Waals surface area contributed by atoms with Crippen LogP contribution in [0.15, 0.2) is 182 Å². The molecule has 0 N–H and O–H groups in total. The van der Waals surface area contributed by atoms with Gasteiger partial charge < -0.3 is 9.13 Å². The Labute approximate surface area is 314 Å². The highest BCUT2D eigenvalue weighted by molar-refractivity contribution is 7.26. The van der Waals surface area contributed by atoms with Crippen LogP contribution >= 0.6 is 11.3 Å². The molecule has 0 bridgehead atoms. The third kappa shape index (κ3) is 4.10. The Balaban J connectivity index is 1.17. The van der Waals surface area contributed by atoms with Crippen LogP contribution in [-0.2, 0) is 0 Å². The molecule has 4 heterocycles. The molecule has 0 saturated carbocycles. The predicted octanol–water partition coefficient (Wildman–Crippen LogP) is 13.3. The molecule has 0 aliphatic rings. The third-order valence-electron chi connectivity index (χ3n) is 11.0. The molecule has 0 aliphatic heterocycles. The van der Waals surface area contributed by atoms with Crippen molar-refractivity contribution in [1.29, 1.82) is 0 Å². The highest BCUT2D eigenvalue weighted by Crippen LogP contribution is 2.47. The van der Waals surface area contributed by atoms with Gasteiger partial charge in [0.25, 0.3) is 0 Å². The quantitative estimate of drug-likeness (QED) is 0.179. The van der Waals surface area contributed by atoms with Crippen LogP contribution in [0.5, 0.6) is 0 Å². The van der Waals surface area contributed by atoms with Gasteiger partial charge in [0, 0.05) is 64.3 Å². The summed E-state index contributed by atoms with van der Waals surface area (Å²) in [6.45, 7) is 0. The van der Waals surface area contributed by atoms with Crippen molar-refractivity contribution < 1.29 is 0 Å². The molecule has 0 aliphatic carbocycles. The molecule has 54 heavy (non-hydrogen) atoms. The molecule has 252 valence electrons. The first kappa shape index (κ1) is 29.6. The summed E-state index contributed by atoms with van der Waals surface area (Å²) >= 11 is 1.87. The minimum Gasteiger partial charge on any atom is -0.309 e. The number of nitrogens with zero attached hydrogens (tertiary/aromatic N) is 4. The maximum absolute atomic E-state index is 5.17. The summed E-state index contributed by atoms with van der Waals surface area (Å²) in [5, 5.41) is 7.68. The Morgan fingerprint density at radius 1 is 0.352 bits per heavy atom. The number of aromatic nitrogens is 4. The normalized spacial score (nSPS) is 12.1. The molecular formula is C49H30N4S. The van der Waals surface area contributed by atoms with E-state index in [0.29, 0.717) is 0 Å². The van der Waals surface area contributed by atoms with Crippen LogP contribution in [-0.4, -0.2) is 18.7 Å². The molecule has 0 saturated heterocycles. The molecule has 0 fully saturated rings. The molecule has 0 amide bonds. The number of benzene rings is 8. The zero-order chi connectivity index (χ0) is 35.3. The molecule has 0 unspecified atom stereocenters. The second kappa shape index (κ2) is 11.3. The summed E-state index contributed by atoms with van der Waals surface area (Å²) in [5.74, 6) is 0.929. The Kier molecular flexibility index (Phi) is 6.18. The number of hydrogen-bond acceptors (Lipinski definition) is 2. The zero-order valence-corrected chi connectivity index (χ0v) is 29.8. The second-order valence-electron chi connectivity index (χ2n) is 14.0. The van der Waals surface area contributed by atoms with Crippen LogP contribution in [0.2, 0.25) is 0 Å². The van der Waals surface area contributed by atoms with E-state index in [-0.39, 0.29) is 0 Å². The van der Waals surface area contributed by atoms with Crippen LogP contribution < -0.4 is 0 Å². The van der Waals surface area contributed by atoms with Gasteiger partial charge in [0.2, 0.25) is 0 Å². The molecule has 12 rings (SSSR count). The standard InChI is InChI=1S/C49H30N4S/c1-3-13-32(14-4-1)51-39-20-10-7-17-35(39)45-41(51)28-29-42-46(45)37-27-30-44-47(36-18-8-12-22-43(36)54-44)48(37)52(42)34-25-23-31(24-26-34)49-50-38-19-9-11-21-40(38)53(49)33-15-5-2-6-16-33/h1-30H. The molecule has 8 aromatic carbocycles. The van der Waals surface area contributed by atoms with Gasteiger partial charge in [-0.05, 0) is 91.0 Å². The average molecular weight is 707 g/mol. The fraction of sp³-hybridized carbons (Fsp3) is 0. The van der Waals surface area contributed by atoms with Gasteiger partial charge in [-0.1, -0.05) is 91.0 Å². The van der Waals surface area contributed by atoms with Crippen LogP contribution in [0.25, 0.3) is 103 Å².